The fourth-order valence-electron chi connectivity index (χ4n) is 3.28. The highest BCUT2D eigenvalue weighted by molar-refractivity contribution is 6.25. The molecule has 0 spiro atoms. The van der Waals surface area contributed by atoms with E-state index < -0.39 is 0 Å². The van der Waals surface area contributed by atoms with Crippen molar-refractivity contribution in [2.45, 2.75) is 51.5 Å². The lowest BCUT2D eigenvalue weighted by molar-refractivity contribution is -0.126. The van der Waals surface area contributed by atoms with Crippen LogP contribution in [0.3, 0.4) is 0 Å². The van der Waals surface area contributed by atoms with E-state index in [1.165, 1.54) is 24.8 Å². The Morgan fingerprint density at radius 3 is 2.94 bits per heavy atom. The molecule has 1 saturated carbocycles. The van der Waals surface area contributed by atoms with Crippen molar-refractivity contribution in [3.63, 3.8) is 0 Å². The molecule has 96 valence electrons. The Labute approximate surface area is 109 Å². The lowest BCUT2D eigenvalue weighted by Crippen LogP contribution is -2.41. The molecule has 1 aliphatic carbocycles. The van der Waals surface area contributed by atoms with Crippen molar-refractivity contribution < 1.29 is 4.79 Å². The molecule has 2 unspecified atom stereocenters. The van der Waals surface area contributed by atoms with Crippen LogP contribution in [0.5, 0.6) is 0 Å². The van der Waals surface area contributed by atoms with Crippen molar-refractivity contribution >= 4 is 17.4 Å². The maximum absolute atomic E-state index is 12.0. The van der Waals surface area contributed by atoms with Gasteiger partial charge < -0.3 is 0 Å². The molecule has 2 fully saturated rings. The van der Waals surface area contributed by atoms with Gasteiger partial charge in [-0.15, -0.1) is 0 Å². The van der Waals surface area contributed by atoms with Crippen LogP contribution < -0.4 is 0 Å². The number of rotatable bonds is 3. The Morgan fingerprint density at radius 1 is 1.41 bits per heavy atom. The van der Waals surface area contributed by atoms with E-state index in [2.05, 4.69) is 11.8 Å². The van der Waals surface area contributed by atoms with Crippen LogP contribution >= 0.6 is 11.6 Å². The van der Waals surface area contributed by atoms with Crippen molar-refractivity contribution in [3.8, 4) is 0 Å². The number of halogens is 1. The van der Waals surface area contributed by atoms with Crippen LogP contribution in [0, 0.1) is 5.92 Å². The number of likely N-dealkylation sites (tertiary alicyclic amines) is 1. The molecule has 0 aromatic rings. The van der Waals surface area contributed by atoms with Crippen LogP contribution in [0.4, 0.5) is 0 Å². The molecule has 2 nitrogen and oxygen atoms in total. The van der Waals surface area contributed by atoms with Crippen molar-refractivity contribution in [2.24, 2.45) is 5.92 Å². The molecular formula is C14H22ClNO. The zero-order chi connectivity index (χ0) is 12.3. The van der Waals surface area contributed by atoms with Gasteiger partial charge in [-0.25, -0.2) is 0 Å². The minimum Gasteiger partial charge on any atom is -0.299 e. The highest BCUT2D eigenvalue weighted by Gasteiger charge is 2.36. The third-order valence-corrected chi connectivity index (χ3v) is 4.49. The molecule has 2 aliphatic rings. The van der Waals surface area contributed by atoms with E-state index in [4.69, 9.17) is 11.6 Å². The smallest absolute Gasteiger partial charge is 0.137 e. The van der Waals surface area contributed by atoms with Gasteiger partial charge in [-0.1, -0.05) is 18.0 Å². The highest BCUT2D eigenvalue weighted by Crippen LogP contribution is 2.32. The van der Waals surface area contributed by atoms with Gasteiger partial charge in [0.15, 0.2) is 0 Å². The average molecular weight is 256 g/mol. The van der Waals surface area contributed by atoms with Gasteiger partial charge in [-0.2, -0.15) is 0 Å². The standard InChI is InChI=1S/C14H22ClNO/c1-11(9-15)10-16-8-4-6-13(16)12-5-2-3-7-14(12)17/h9,12-13H,2-8,10H2,1H3. The second-order valence-electron chi connectivity index (χ2n) is 5.45. The molecule has 2 atom stereocenters. The van der Waals surface area contributed by atoms with Gasteiger partial charge in [0.05, 0.1) is 0 Å². The molecule has 17 heavy (non-hydrogen) atoms. The third kappa shape index (κ3) is 3.11. The van der Waals surface area contributed by atoms with Crippen LogP contribution in [0.15, 0.2) is 11.1 Å². The van der Waals surface area contributed by atoms with E-state index in [0.29, 0.717) is 17.7 Å². The Morgan fingerprint density at radius 2 is 2.24 bits per heavy atom. The van der Waals surface area contributed by atoms with E-state index in [0.717, 1.165) is 32.4 Å². The number of carbonyl (C=O) groups is 1. The Hall–Kier alpha value is -0.340. The zero-order valence-corrected chi connectivity index (χ0v) is 11.4. The summed E-state index contributed by atoms with van der Waals surface area (Å²) in [5.41, 5.74) is 2.86. The fraction of sp³-hybridized carbons (Fsp3) is 0.786. The average Bonchev–Trinajstić information content (AvgIpc) is 2.77. The minimum atomic E-state index is 0.300. The van der Waals surface area contributed by atoms with E-state index in [1.807, 2.05) is 0 Å². The van der Waals surface area contributed by atoms with Gasteiger partial charge >= 0.3 is 0 Å². The molecular weight excluding hydrogens is 234 g/mol. The van der Waals surface area contributed by atoms with Crippen molar-refractivity contribution in [3.05, 3.63) is 11.1 Å². The summed E-state index contributed by atoms with van der Waals surface area (Å²) in [6.07, 6.45) is 6.65. The van der Waals surface area contributed by atoms with Crippen molar-refractivity contribution in [1.29, 1.82) is 0 Å². The number of ketones is 1. The second-order valence-corrected chi connectivity index (χ2v) is 5.67. The summed E-state index contributed by atoms with van der Waals surface area (Å²) in [5.74, 6) is 0.801. The summed E-state index contributed by atoms with van der Waals surface area (Å²) in [6.45, 7) is 4.11. The molecule has 0 amide bonds. The first-order valence-corrected chi connectivity index (χ1v) is 7.18. The molecule has 2 rings (SSSR count). The monoisotopic (exact) mass is 255 g/mol. The van der Waals surface area contributed by atoms with E-state index in [9.17, 15) is 4.79 Å². The van der Waals surface area contributed by atoms with Crippen LogP contribution in [0.1, 0.15) is 45.4 Å². The number of hydrogen-bond donors (Lipinski definition) is 0. The quantitative estimate of drug-likeness (QED) is 0.771. The van der Waals surface area contributed by atoms with Gasteiger partial charge in [-0.3, -0.25) is 9.69 Å². The van der Waals surface area contributed by atoms with Crippen LogP contribution in [-0.2, 0) is 4.79 Å². The van der Waals surface area contributed by atoms with Gasteiger partial charge in [-0.05, 0) is 44.7 Å². The minimum absolute atomic E-state index is 0.300. The van der Waals surface area contributed by atoms with Gasteiger partial charge in [0.25, 0.3) is 0 Å². The van der Waals surface area contributed by atoms with Crippen molar-refractivity contribution in [1.82, 2.24) is 4.90 Å². The predicted octanol–water partition coefficient (Wildman–Crippen LogP) is 3.35. The predicted molar refractivity (Wildman–Crippen MR) is 71.2 cm³/mol. The van der Waals surface area contributed by atoms with Crippen LogP contribution in [0.25, 0.3) is 0 Å². The largest absolute Gasteiger partial charge is 0.299 e. The maximum Gasteiger partial charge on any atom is 0.137 e. The van der Waals surface area contributed by atoms with Gasteiger partial charge in [0.1, 0.15) is 5.78 Å². The molecule has 3 heteroatoms. The molecule has 1 aliphatic heterocycles. The molecule has 0 N–H and O–H groups in total. The van der Waals surface area contributed by atoms with Gasteiger partial charge in [0, 0.05) is 30.5 Å². The number of Topliss-reactive ketones (excluding diaryl/α,β-unsaturated/α-hetero) is 1. The number of carbonyl (C=O) groups excluding carboxylic acids is 1. The normalized spacial score (nSPS) is 32.1. The lowest BCUT2D eigenvalue weighted by Gasteiger charge is -2.33. The molecule has 0 radical (unpaired) electrons. The first-order valence-electron chi connectivity index (χ1n) is 6.75. The molecule has 0 bridgehead atoms. The fourth-order valence-corrected chi connectivity index (χ4v) is 3.34. The highest BCUT2D eigenvalue weighted by atomic mass is 35.5. The summed E-state index contributed by atoms with van der Waals surface area (Å²) in [4.78, 5) is 14.5. The van der Waals surface area contributed by atoms with Crippen LogP contribution in [0.2, 0.25) is 0 Å². The Bertz CT molecular complexity index is 313. The van der Waals surface area contributed by atoms with Gasteiger partial charge in [0.2, 0.25) is 0 Å². The summed E-state index contributed by atoms with van der Waals surface area (Å²) in [5, 5.41) is 0. The summed E-state index contributed by atoms with van der Waals surface area (Å²) in [6, 6.07) is 0.481. The molecule has 0 aromatic heterocycles. The third-order valence-electron chi connectivity index (χ3n) is 4.12. The maximum atomic E-state index is 12.0. The SMILES string of the molecule is CC(=CCl)CN1CCCC1C1CCCCC1=O. The number of hydrogen-bond acceptors (Lipinski definition) is 2. The first-order chi connectivity index (χ1) is 8.22. The lowest BCUT2D eigenvalue weighted by atomic mass is 9.82. The summed E-state index contributed by atoms with van der Waals surface area (Å²) >= 11 is 5.74. The molecule has 1 heterocycles. The molecule has 0 aromatic carbocycles. The summed E-state index contributed by atoms with van der Waals surface area (Å²) < 4.78 is 0. The van der Waals surface area contributed by atoms with Crippen molar-refractivity contribution in [2.75, 3.05) is 13.1 Å². The Balaban J connectivity index is 2.00. The second kappa shape index (κ2) is 6.01. The number of nitrogens with zero attached hydrogens (tertiary/aromatic N) is 1. The van der Waals surface area contributed by atoms with Crippen LogP contribution in [-0.4, -0.2) is 29.8 Å². The van der Waals surface area contributed by atoms with E-state index in [1.54, 1.807) is 5.54 Å². The zero-order valence-electron chi connectivity index (χ0n) is 10.6. The molecule has 1 saturated heterocycles. The first kappa shape index (κ1) is 13.1. The van der Waals surface area contributed by atoms with E-state index in [-0.39, 0.29) is 0 Å². The Kier molecular flexibility index (Phi) is 4.63. The summed E-state index contributed by atoms with van der Waals surface area (Å²) in [7, 11) is 0. The topological polar surface area (TPSA) is 20.3 Å². The van der Waals surface area contributed by atoms with E-state index >= 15 is 0 Å².